The predicted molar refractivity (Wildman–Crippen MR) is 59.5 cm³/mol. The molecule has 0 aromatic rings. The lowest BCUT2D eigenvalue weighted by molar-refractivity contribution is -0.373. The van der Waals surface area contributed by atoms with Crippen LogP contribution in [0.25, 0.3) is 0 Å². The molecule has 0 radical (unpaired) electrons. The van der Waals surface area contributed by atoms with Gasteiger partial charge in [0.05, 0.1) is 6.10 Å². The minimum atomic E-state index is -0.888. The second kappa shape index (κ2) is 6.21. The van der Waals surface area contributed by atoms with Crippen molar-refractivity contribution in [3.05, 3.63) is 0 Å². The molecule has 0 spiro atoms. The summed E-state index contributed by atoms with van der Waals surface area (Å²) >= 11 is 0. The first-order chi connectivity index (χ1) is 7.56. The van der Waals surface area contributed by atoms with E-state index >= 15 is 0 Å². The monoisotopic (exact) mass is 230 g/mol. The van der Waals surface area contributed by atoms with Gasteiger partial charge in [0.1, 0.15) is 0 Å². The molecular weight excluding hydrogens is 208 g/mol. The molecule has 94 valence electrons. The largest absolute Gasteiger partial charge is 0.431 e. The Morgan fingerprint density at radius 3 is 2.81 bits per heavy atom. The average Bonchev–Trinajstić information content (AvgIpc) is 2.54. The topological polar surface area (TPSA) is 44.8 Å². The first-order valence-corrected chi connectivity index (χ1v) is 6.10. The summed E-state index contributed by atoms with van der Waals surface area (Å²) in [6.45, 7) is 5.30. The van der Waals surface area contributed by atoms with Crippen molar-refractivity contribution in [3.8, 4) is 0 Å². The van der Waals surface area contributed by atoms with E-state index in [1.54, 1.807) is 6.92 Å². The molecule has 0 aromatic carbocycles. The van der Waals surface area contributed by atoms with Gasteiger partial charge in [0.25, 0.3) is 0 Å². The standard InChI is InChI=1S/C12H22O4/c1-4-5-6-7-8-11-9-12(3,16-15-11)14-10(2)13/h11H,4-9H2,1-3H3. The highest BCUT2D eigenvalue weighted by Crippen LogP contribution is 2.31. The summed E-state index contributed by atoms with van der Waals surface area (Å²) in [5.74, 6) is -1.22. The van der Waals surface area contributed by atoms with Gasteiger partial charge in [-0.1, -0.05) is 32.6 Å². The predicted octanol–water partition coefficient (Wildman–Crippen LogP) is 2.96. The summed E-state index contributed by atoms with van der Waals surface area (Å²) in [4.78, 5) is 21.1. The molecule has 0 N–H and O–H groups in total. The van der Waals surface area contributed by atoms with Crippen LogP contribution in [0, 0.1) is 0 Å². The third-order valence-electron chi connectivity index (χ3n) is 2.70. The van der Waals surface area contributed by atoms with Gasteiger partial charge < -0.3 is 4.74 Å². The molecule has 4 heteroatoms. The molecule has 4 nitrogen and oxygen atoms in total. The zero-order chi connectivity index (χ0) is 12.0. The lowest BCUT2D eigenvalue weighted by Crippen LogP contribution is -2.29. The van der Waals surface area contributed by atoms with Crippen molar-refractivity contribution >= 4 is 5.97 Å². The van der Waals surface area contributed by atoms with E-state index in [1.807, 2.05) is 0 Å². The highest BCUT2D eigenvalue weighted by Gasteiger charge is 2.40. The van der Waals surface area contributed by atoms with Crippen molar-refractivity contribution < 1.29 is 19.3 Å². The van der Waals surface area contributed by atoms with Crippen molar-refractivity contribution in [2.75, 3.05) is 0 Å². The molecule has 1 aliphatic rings. The van der Waals surface area contributed by atoms with Crippen molar-refractivity contribution in [1.29, 1.82) is 0 Å². The molecule has 0 bridgehead atoms. The first-order valence-electron chi connectivity index (χ1n) is 6.10. The summed E-state index contributed by atoms with van der Waals surface area (Å²) in [6.07, 6.45) is 6.50. The van der Waals surface area contributed by atoms with Crippen molar-refractivity contribution in [1.82, 2.24) is 0 Å². The van der Waals surface area contributed by atoms with E-state index in [2.05, 4.69) is 6.92 Å². The molecule has 1 fully saturated rings. The number of ether oxygens (including phenoxy) is 1. The van der Waals surface area contributed by atoms with E-state index in [-0.39, 0.29) is 12.1 Å². The Morgan fingerprint density at radius 1 is 1.44 bits per heavy atom. The second-order valence-electron chi connectivity index (χ2n) is 4.58. The van der Waals surface area contributed by atoms with Crippen LogP contribution in [0.4, 0.5) is 0 Å². The Hall–Kier alpha value is -0.610. The van der Waals surface area contributed by atoms with Gasteiger partial charge in [0.15, 0.2) is 0 Å². The Labute approximate surface area is 97.2 Å². The lowest BCUT2D eigenvalue weighted by Gasteiger charge is -2.19. The SMILES string of the molecule is CCCCCCC1CC(C)(OC(C)=O)OO1. The summed E-state index contributed by atoms with van der Waals surface area (Å²) in [5.41, 5.74) is 0. The number of unbranched alkanes of at least 4 members (excludes halogenated alkanes) is 3. The first kappa shape index (κ1) is 13.5. The molecule has 1 rings (SSSR count). The zero-order valence-corrected chi connectivity index (χ0v) is 10.5. The van der Waals surface area contributed by atoms with Crippen LogP contribution in [-0.4, -0.2) is 17.9 Å². The Balaban J connectivity index is 2.21. The summed E-state index contributed by atoms with van der Waals surface area (Å²) in [7, 11) is 0. The smallest absolute Gasteiger partial charge is 0.305 e. The summed E-state index contributed by atoms with van der Waals surface area (Å²) < 4.78 is 5.07. The van der Waals surface area contributed by atoms with Crippen LogP contribution in [0.15, 0.2) is 0 Å². The maximum Gasteiger partial charge on any atom is 0.305 e. The summed E-state index contributed by atoms with van der Waals surface area (Å²) in [6, 6.07) is 0. The van der Waals surface area contributed by atoms with E-state index in [0.29, 0.717) is 6.42 Å². The second-order valence-corrected chi connectivity index (χ2v) is 4.58. The lowest BCUT2D eigenvalue weighted by atomic mass is 10.0. The molecule has 16 heavy (non-hydrogen) atoms. The van der Waals surface area contributed by atoms with Gasteiger partial charge in [0, 0.05) is 20.3 Å². The summed E-state index contributed by atoms with van der Waals surface area (Å²) in [5, 5.41) is 0. The van der Waals surface area contributed by atoms with Crippen molar-refractivity contribution in [2.45, 2.75) is 71.2 Å². The van der Waals surface area contributed by atoms with Gasteiger partial charge >= 0.3 is 5.97 Å². The minimum Gasteiger partial charge on any atom is -0.431 e. The van der Waals surface area contributed by atoms with E-state index in [1.165, 1.54) is 26.2 Å². The number of hydrogen-bond donors (Lipinski definition) is 0. The van der Waals surface area contributed by atoms with Crippen LogP contribution in [0.3, 0.4) is 0 Å². The van der Waals surface area contributed by atoms with Crippen LogP contribution < -0.4 is 0 Å². The third kappa shape index (κ3) is 4.49. The Kier molecular flexibility index (Phi) is 5.22. The normalized spacial score (nSPS) is 29.3. The van der Waals surface area contributed by atoms with E-state index in [4.69, 9.17) is 14.5 Å². The molecule has 0 amide bonds. The Morgan fingerprint density at radius 2 is 2.19 bits per heavy atom. The molecule has 2 unspecified atom stereocenters. The molecule has 2 atom stereocenters. The zero-order valence-electron chi connectivity index (χ0n) is 10.5. The highest BCUT2D eigenvalue weighted by molar-refractivity contribution is 5.66. The number of rotatable bonds is 6. The fourth-order valence-electron chi connectivity index (χ4n) is 1.96. The van der Waals surface area contributed by atoms with Gasteiger partial charge in [-0.25, -0.2) is 4.89 Å². The molecule has 0 aliphatic carbocycles. The van der Waals surface area contributed by atoms with Gasteiger partial charge in [-0.05, 0) is 6.42 Å². The molecule has 1 heterocycles. The van der Waals surface area contributed by atoms with Crippen LogP contribution >= 0.6 is 0 Å². The van der Waals surface area contributed by atoms with Gasteiger partial charge in [-0.2, -0.15) is 4.89 Å². The Bertz CT molecular complexity index is 229. The fraction of sp³-hybridized carbons (Fsp3) is 0.917. The molecular formula is C12H22O4. The maximum atomic E-state index is 10.9. The van der Waals surface area contributed by atoms with Crippen molar-refractivity contribution in [2.24, 2.45) is 0 Å². The number of hydrogen-bond acceptors (Lipinski definition) is 4. The van der Waals surface area contributed by atoms with Gasteiger partial charge in [-0.3, -0.25) is 4.79 Å². The molecule has 1 saturated heterocycles. The number of esters is 1. The van der Waals surface area contributed by atoms with E-state index < -0.39 is 5.79 Å². The minimum absolute atomic E-state index is 0.0567. The van der Waals surface area contributed by atoms with Gasteiger partial charge in [-0.15, -0.1) is 0 Å². The average molecular weight is 230 g/mol. The fourth-order valence-corrected chi connectivity index (χ4v) is 1.96. The van der Waals surface area contributed by atoms with E-state index in [0.717, 1.165) is 12.8 Å². The highest BCUT2D eigenvalue weighted by atomic mass is 17.2. The van der Waals surface area contributed by atoms with Crippen LogP contribution in [0.2, 0.25) is 0 Å². The van der Waals surface area contributed by atoms with Crippen LogP contribution in [0.1, 0.15) is 59.3 Å². The van der Waals surface area contributed by atoms with E-state index in [9.17, 15) is 4.79 Å². The molecule has 1 aliphatic heterocycles. The molecule has 0 aromatic heterocycles. The van der Waals surface area contributed by atoms with Crippen LogP contribution in [-0.2, 0) is 19.3 Å². The number of carbonyl (C=O) groups excluding carboxylic acids is 1. The third-order valence-corrected chi connectivity index (χ3v) is 2.70. The molecule has 0 saturated carbocycles. The quantitative estimate of drug-likeness (QED) is 0.400. The van der Waals surface area contributed by atoms with Crippen LogP contribution in [0.5, 0.6) is 0 Å². The number of carbonyl (C=O) groups is 1. The van der Waals surface area contributed by atoms with Crippen molar-refractivity contribution in [3.63, 3.8) is 0 Å². The van der Waals surface area contributed by atoms with Gasteiger partial charge in [0.2, 0.25) is 5.79 Å². The maximum absolute atomic E-state index is 10.9.